The molecule has 0 bridgehead atoms. The second-order valence-corrected chi connectivity index (χ2v) is 4.66. The minimum atomic E-state index is -0.237. The molecular formula is C13H26IN3O3. The molecule has 0 aromatic heterocycles. The number of halogens is 1. The van der Waals surface area contributed by atoms with E-state index in [2.05, 4.69) is 20.4 Å². The van der Waals surface area contributed by atoms with Gasteiger partial charge >= 0.3 is 5.97 Å². The van der Waals surface area contributed by atoms with Gasteiger partial charge in [0.15, 0.2) is 5.96 Å². The van der Waals surface area contributed by atoms with Gasteiger partial charge in [0.1, 0.15) is 0 Å². The Bertz CT molecular complexity index is 307. The number of hydrogen-bond acceptors (Lipinski definition) is 4. The minimum Gasteiger partial charge on any atom is -0.469 e. The van der Waals surface area contributed by atoms with Crippen molar-refractivity contribution in [3.8, 4) is 0 Å². The molecular weight excluding hydrogens is 373 g/mol. The molecule has 0 aromatic rings. The average molecular weight is 399 g/mol. The summed E-state index contributed by atoms with van der Waals surface area (Å²) in [5.41, 5.74) is 0. The Morgan fingerprint density at radius 3 is 2.80 bits per heavy atom. The van der Waals surface area contributed by atoms with E-state index in [4.69, 9.17) is 4.74 Å². The SMILES string of the molecule is CCNC(=NCC(C)C(=O)OC)NCC1CCCO1.I. The summed E-state index contributed by atoms with van der Waals surface area (Å²) in [6.07, 6.45) is 2.48. The van der Waals surface area contributed by atoms with Crippen LogP contribution in [-0.2, 0) is 14.3 Å². The highest BCUT2D eigenvalue weighted by atomic mass is 127. The fourth-order valence-corrected chi connectivity index (χ4v) is 1.86. The third-order valence-electron chi connectivity index (χ3n) is 2.99. The first-order valence-corrected chi connectivity index (χ1v) is 6.89. The highest BCUT2D eigenvalue weighted by Gasteiger charge is 2.16. The van der Waals surface area contributed by atoms with Gasteiger partial charge in [0.25, 0.3) is 0 Å². The Labute approximate surface area is 138 Å². The van der Waals surface area contributed by atoms with Gasteiger partial charge in [0.2, 0.25) is 0 Å². The molecule has 0 amide bonds. The molecule has 0 radical (unpaired) electrons. The molecule has 2 atom stereocenters. The maximum absolute atomic E-state index is 11.3. The largest absolute Gasteiger partial charge is 0.469 e. The summed E-state index contributed by atoms with van der Waals surface area (Å²) in [6.45, 7) is 6.60. The maximum atomic E-state index is 11.3. The Morgan fingerprint density at radius 1 is 1.50 bits per heavy atom. The Morgan fingerprint density at radius 2 is 2.25 bits per heavy atom. The summed E-state index contributed by atoms with van der Waals surface area (Å²) in [5, 5.41) is 6.39. The van der Waals surface area contributed by atoms with Crippen LogP contribution in [0.4, 0.5) is 0 Å². The predicted octanol–water partition coefficient (Wildman–Crippen LogP) is 1.15. The zero-order valence-corrected chi connectivity index (χ0v) is 14.8. The van der Waals surface area contributed by atoms with Crippen molar-refractivity contribution in [2.24, 2.45) is 10.9 Å². The van der Waals surface area contributed by atoms with Gasteiger partial charge in [-0.15, -0.1) is 24.0 Å². The van der Waals surface area contributed by atoms with Crippen molar-refractivity contribution in [3.63, 3.8) is 0 Å². The maximum Gasteiger partial charge on any atom is 0.310 e. The molecule has 20 heavy (non-hydrogen) atoms. The van der Waals surface area contributed by atoms with Crippen LogP contribution in [0, 0.1) is 5.92 Å². The quantitative estimate of drug-likeness (QED) is 0.304. The lowest BCUT2D eigenvalue weighted by molar-refractivity contribution is -0.144. The second-order valence-electron chi connectivity index (χ2n) is 4.66. The highest BCUT2D eigenvalue weighted by molar-refractivity contribution is 14.0. The summed E-state index contributed by atoms with van der Waals surface area (Å²) in [6, 6.07) is 0. The van der Waals surface area contributed by atoms with E-state index in [1.165, 1.54) is 7.11 Å². The average Bonchev–Trinajstić information content (AvgIpc) is 2.93. The van der Waals surface area contributed by atoms with Gasteiger partial charge in [-0.05, 0) is 19.8 Å². The van der Waals surface area contributed by atoms with E-state index in [9.17, 15) is 4.79 Å². The first-order valence-electron chi connectivity index (χ1n) is 6.89. The molecule has 2 unspecified atom stereocenters. The smallest absolute Gasteiger partial charge is 0.310 e. The molecule has 0 aromatic carbocycles. The predicted molar refractivity (Wildman–Crippen MR) is 89.6 cm³/mol. The van der Waals surface area contributed by atoms with E-state index in [0.717, 1.165) is 32.5 Å². The van der Waals surface area contributed by atoms with E-state index in [1.54, 1.807) is 6.92 Å². The van der Waals surface area contributed by atoms with Crippen LogP contribution in [0.15, 0.2) is 4.99 Å². The van der Waals surface area contributed by atoms with Crippen LogP contribution in [-0.4, -0.2) is 51.4 Å². The number of ether oxygens (including phenoxy) is 2. The molecule has 1 saturated heterocycles. The number of guanidine groups is 1. The fourth-order valence-electron chi connectivity index (χ4n) is 1.86. The molecule has 1 aliphatic rings. The summed E-state index contributed by atoms with van der Waals surface area (Å²) in [7, 11) is 1.39. The lowest BCUT2D eigenvalue weighted by Gasteiger charge is -2.15. The zero-order chi connectivity index (χ0) is 14.1. The molecule has 6 nitrogen and oxygen atoms in total. The van der Waals surface area contributed by atoms with Crippen LogP contribution in [0.3, 0.4) is 0 Å². The normalized spacial score (nSPS) is 19.9. The first-order chi connectivity index (χ1) is 9.17. The number of carbonyl (C=O) groups is 1. The Balaban J connectivity index is 0.00000361. The third kappa shape index (κ3) is 7.28. The number of nitrogens with one attached hydrogen (secondary N) is 2. The molecule has 1 rings (SSSR count). The monoisotopic (exact) mass is 399 g/mol. The Hall–Kier alpha value is -0.570. The van der Waals surface area contributed by atoms with E-state index in [-0.39, 0.29) is 42.0 Å². The van der Waals surface area contributed by atoms with Crippen molar-refractivity contribution in [2.45, 2.75) is 32.8 Å². The van der Waals surface area contributed by atoms with Crippen molar-refractivity contribution in [2.75, 3.05) is 33.4 Å². The van der Waals surface area contributed by atoms with Gasteiger partial charge in [0.05, 0.1) is 25.7 Å². The van der Waals surface area contributed by atoms with Crippen LogP contribution in [0.1, 0.15) is 26.7 Å². The number of esters is 1. The van der Waals surface area contributed by atoms with Crippen LogP contribution < -0.4 is 10.6 Å². The third-order valence-corrected chi connectivity index (χ3v) is 2.99. The molecule has 1 heterocycles. The molecule has 0 saturated carbocycles. The van der Waals surface area contributed by atoms with Gasteiger partial charge in [-0.1, -0.05) is 6.92 Å². The Kier molecular flexibility index (Phi) is 10.8. The molecule has 1 fully saturated rings. The van der Waals surface area contributed by atoms with Crippen LogP contribution in [0.5, 0.6) is 0 Å². The number of nitrogens with zero attached hydrogens (tertiary/aromatic N) is 1. The van der Waals surface area contributed by atoms with Gasteiger partial charge < -0.3 is 20.1 Å². The van der Waals surface area contributed by atoms with Gasteiger partial charge in [0, 0.05) is 19.7 Å². The van der Waals surface area contributed by atoms with E-state index >= 15 is 0 Å². The minimum absolute atomic E-state index is 0. The van der Waals surface area contributed by atoms with Gasteiger partial charge in [-0.25, -0.2) is 0 Å². The van der Waals surface area contributed by atoms with Gasteiger partial charge in [-0.3, -0.25) is 9.79 Å². The van der Waals surface area contributed by atoms with Crippen molar-refractivity contribution in [1.29, 1.82) is 0 Å². The molecule has 0 spiro atoms. The van der Waals surface area contributed by atoms with Crippen LogP contribution >= 0.6 is 24.0 Å². The number of carbonyl (C=O) groups excluding carboxylic acids is 1. The summed E-state index contributed by atoms with van der Waals surface area (Å²) < 4.78 is 10.2. The number of aliphatic imine (C=N–C) groups is 1. The molecule has 1 aliphatic heterocycles. The summed E-state index contributed by atoms with van der Waals surface area (Å²) in [5.74, 6) is 0.246. The lowest BCUT2D eigenvalue weighted by Crippen LogP contribution is -2.41. The number of hydrogen-bond donors (Lipinski definition) is 2. The van der Waals surface area contributed by atoms with E-state index in [0.29, 0.717) is 12.5 Å². The van der Waals surface area contributed by atoms with Crippen molar-refractivity contribution < 1.29 is 14.3 Å². The van der Waals surface area contributed by atoms with Crippen molar-refractivity contribution >= 4 is 35.9 Å². The molecule has 7 heteroatoms. The fraction of sp³-hybridized carbons (Fsp3) is 0.846. The summed E-state index contributed by atoms with van der Waals surface area (Å²) >= 11 is 0. The molecule has 2 N–H and O–H groups in total. The van der Waals surface area contributed by atoms with Crippen LogP contribution in [0.25, 0.3) is 0 Å². The van der Waals surface area contributed by atoms with Crippen LogP contribution in [0.2, 0.25) is 0 Å². The topological polar surface area (TPSA) is 72.0 Å². The lowest BCUT2D eigenvalue weighted by atomic mass is 10.2. The molecule has 0 aliphatic carbocycles. The first kappa shape index (κ1) is 19.4. The van der Waals surface area contributed by atoms with E-state index in [1.807, 2.05) is 6.92 Å². The zero-order valence-electron chi connectivity index (χ0n) is 12.5. The van der Waals surface area contributed by atoms with Crippen molar-refractivity contribution in [3.05, 3.63) is 0 Å². The van der Waals surface area contributed by atoms with Gasteiger partial charge in [-0.2, -0.15) is 0 Å². The van der Waals surface area contributed by atoms with E-state index < -0.39 is 0 Å². The highest BCUT2D eigenvalue weighted by Crippen LogP contribution is 2.10. The summed E-state index contributed by atoms with van der Waals surface area (Å²) in [4.78, 5) is 15.7. The number of methoxy groups -OCH3 is 1. The molecule has 118 valence electrons. The van der Waals surface area contributed by atoms with Crippen molar-refractivity contribution in [1.82, 2.24) is 10.6 Å². The standard InChI is InChI=1S/C13H25N3O3.HI/c1-4-14-13(15-8-10(2)12(17)18-3)16-9-11-6-5-7-19-11;/h10-11H,4-9H2,1-3H3,(H2,14,15,16);1H. The second kappa shape index (κ2) is 11.1. The number of rotatable bonds is 6.